The number of rotatable bonds is 4. The van der Waals surface area contributed by atoms with Gasteiger partial charge < -0.3 is 9.13 Å². The predicted octanol–water partition coefficient (Wildman–Crippen LogP) is 12.4. The maximum absolute atomic E-state index is 2.47. The Labute approximate surface area is 278 Å². The van der Waals surface area contributed by atoms with Gasteiger partial charge in [-0.2, -0.15) is 0 Å². The number of aromatic nitrogens is 2. The highest BCUT2D eigenvalue weighted by Crippen LogP contribution is 2.42. The van der Waals surface area contributed by atoms with Crippen molar-refractivity contribution in [2.45, 2.75) is 0 Å². The molecule has 0 amide bonds. The number of fused-ring (bicyclic) bond motifs is 8. The average molecular weight is 611 g/mol. The van der Waals surface area contributed by atoms with Gasteiger partial charge in [-0.15, -0.1) is 0 Å². The lowest BCUT2D eigenvalue weighted by Gasteiger charge is -2.14. The summed E-state index contributed by atoms with van der Waals surface area (Å²) in [6.45, 7) is 0. The highest BCUT2D eigenvalue weighted by molar-refractivity contribution is 6.23. The molecule has 10 aromatic rings. The predicted molar refractivity (Wildman–Crippen MR) is 203 cm³/mol. The van der Waals surface area contributed by atoms with Crippen molar-refractivity contribution in [3.63, 3.8) is 0 Å². The third kappa shape index (κ3) is 4.06. The second-order valence-electron chi connectivity index (χ2n) is 12.6. The minimum Gasteiger partial charge on any atom is -0.307 e. The van der Waals surface area contributed by atoms with Crippen molar-refractivity contribution in [1.29, 1.82) is 0 Å². The fraction of sp³-hybridized carbons (Fsp3) is 0. The van der Waals surface area contributed by atoms with E-state index in [1.165, 1.54) is 76.6 Å². The lowest BCUT2D eigenvalue weighted by atomic mass is 9.99. The number of nitrogens with zero attached hydrogens (tertiary/aromatic N) is 2. The molecule has 10 rings (SSSR count). The lowest BCUT2D eigenvalue weighted by molar-refractivity contribution is 1.15. The Kier molecular flexibility index (Phi) is 5.91. The van der Waals surface area contributed by atoms with Gasteiger partial charge in [-0.25, -0.2) is 0 Å². The minimum atomic E-state index is 1.15. The van der Waals surface area contributed by atoms with Gasteiger partial charge in [-0.05, 0) is 75.5 Å². The van der Waals surface area contributed by atoms with Crippen molar-refractivity contribution in [3.8, 4) is 33.6 Å². The van der Waals surface area contributed by atoms with Gasteiger partial charge in [0.15, 0.2) is 0 Å². The normalized spacial score (nSPS) is 11.8. The first-order valence-electron chi connectivity index (χ1n) is 16.5. The molecule has 2 heteroatoms. The van der Waals surface area contributed by atoms with E-state index in [0.717, 1.165) is 11.4 Å². The molecule has 0 N–H and O–H groups in total. The number of para-hydroxylation sites is 2. The summed E-state index contributed by atoms with van der Waals surface area (Å²) < 4.78 is 4.94. The van der Waals surface area contributed by atoms with Crippen LogP contribution in [-0.2, 0) is 0 Å². The summed E-state index contributed by atoms with van der Waals surface area (Å²) in [4.78, 5) is 0. The zero-order valence-corrected chi connectivity index (χ0v) is 26.2. The minimum absolute atomic E-state index is 1.15. The van der Waals surface area contributed by atoms with Crippen LogP contribution >= 0.6 is 0 Å². The van der Waals surface area contributed by atoms with Crippen LogP contribution in [0.5, 0.6) is 0 Å². The van der Waals surface area contributed by atoms with Crippen LogP contribution in [0.2, 0.25) is 0 Å². The second kappa shape index (κ2) is 10.6. The largest absolute Gasteiger partial charge is 0.307 e. The van der Waals surface area contributed by atoms with E-state index >= 15 is 0 Å². The molecule has 224 valence electrons. The third-order valence-electron chi connectivity index (χ3n) is 9.89. The highest BCUT2D eigenvalue weighted by Gasteiger charge is 2.21. The zero-order valence-electron chi connectivity index (χ0n) is 26.2. The molecule has 0 aliphatic carbocycles. The molecule has 0 bridgehead atoms. The monoisotopic (exact) mass is 610 g/mol. The van der Waals surface area contributed by atoms with Crippen molar-refractivity contribution in [2.24, 2.45) is 0 Å². The average Bonchev–Trinajstić information content (AvgIpc) is 3.68. The van der Waals surface area contributed by atoms with Crippen LogP contribution in [0.4, 0.5) is 0 Å². The van der Waals surface area contributed by atoms with Crippen LogP contribution in [0.3, 0.4) is 0 Å². The Morgan fingerprint density at radius 2 is 0.771 bits per heavy atom. The first-order valence-corrected chi connectivity index (χ1v) is 16.5. The van der Waals surface area contributed by atoms with Gasteiger partial charge in [0.2, 0.25) is 0 Å². The summed E-state index contributed by atoms with van der Waals surface area (Å²) >= 11 is 0. The van der Waals surface area contributed by atoms with E-state index in [2.05, 4.69) is 191 Å². The summed E-state index contributed by atoms with van der Waals surface area (Å²) in [7, 11) is 0. The van der Waals surface area contributed by atoms with Crippen molar-refractivity contribution in [3.05, 3.63) is 182 Å². The Morgan fingerprint density at radius 3 is 1.44 bits per heavy atom. The van der Waals surface area contributed by atoms with Crippen LogP contribution in [-0.4, -0.2) is 9.13 Å². The van der Waals surface area contributed by atoms with E-state index in [4.69, 9.17) is 0 Å². The number of hydrogen-bond acceptors (Lipinski definition) is 0. The Balaban J connectivity index is 1.23. The first-order chi connectivity index (χ1) is 23.8. The van der Waals surface area contributed by atoms with Crippen LogP contribution in [0.1, 0.15) is 0 Å². The van der Waals surface area contributed by atoms with E-state index in [1.54, 1.807) is 0 Å². The van der Waals surface area contributed by atoms with Gasteiger partial charge in [-0.3, -0.25) is 0 Å². The SMILES string of the molecule is c1ccc(-c2cccc(-c3ccc(-n4c5ccccc5c5ccc6c7ccccc7n(-c7ccc8ccccc8c7)c6c54)cc3)c2)cc1. The Bertz CT molecular complexity index is 2820. The fourth-order valence-electron chi connectivity index (χ4n) is 7.66. The molecular weight excluding hydrogens is 581 g/mol. The standard InChI is InChI=1S/C46H30N2/c1-2-11-31(12-3-1)34-15-10-16-35(29-34)33-21-24-37(25-22-33)47-43-19-8-6-17-39(43)41-27-28-42-40-18-7-9-20-44(40)48(46(42)45(41)47)38-26-23-32-13-4-5-14-36(32)30-38/h1-30H. The second-order valence-corrected chi connectivity index (χ2v) is 12.6. The fourth-order valence-corrected chi connectivity index (χ4v) is 7.66. The molecule has 0 aliphatic heterocycles. The number of hydrogen-bond donors (Lipinski definition) is 0. The number of benzene rings is 8. The van der Waals surface area contributed by atoms with Gasteiger partial charge in [0.25, 0.3) is 0 Å². The Hall–Kier alpha value is -6.38. The molecule has 0 atom stereocenters. The van der Waals surface area contributed by atoms with Gasteiger partial charge in [-0.1, -0.05) is 140 Å². The van der Waals surface area contributed by atoms with E-state index in [1.807, 2.05) is 0 Å². The molecule has 0 fully saturated rings. The first kappa shape index (κ1) is 26.8. The molecule has 2 nitrogen and oxygen atoms in total. The molecular formula is C46H30N2. The van der Waals surface area contributed by atoms with Crippen LogP contribution < -0.4 is 0 Å². The van der Waals surface area contributed by atoms with Crippen molar-refractivity contribution in [2.75, 3.05) is 0 Å². The van der Waals surface area contributed by atoms with Crippen LogP contribution in [0, 0.1) is 0 Å². The summed E-state index contributed by atoms with van der Waals surface area (Å²) in [6, 6.07) is 66.2. The molecule has 0 saturated heterocycles. The molecule has 0 aliphatic rings. The van der Waals surface area contributed by atoms with Crippen molar-refractivity contribution in [1.82, 2.24) is 9.13 Å². The van der Waals surface area contributed by atoms with E-state index < -0.39 is 0 Å². The molecule has 2 heterocycles. The van der Waals surface area contributed by atoms with Crippen molar-refractivity contribution < 1.29 is 0 Å². The quantitative estimate of drug-likeness (QED) is 0.188. The molecule has 0 spiro atoms. The molecule has 48 heavy (non-hydrogen) atoms. The summed E-state index contributed by atoms with van der Waals surface area (Å²) in [5.74, 6) is 0. The van der Waals surface area contributed by atoms with E-state index in [0.29, 0.717) is 0 Å². The van der Waals surface area contributed by atoms with Gasteiger partial charge in [0.05, 0.1) is 22.1 Å². The van der Waals surface area contributed by atoms with Crippen molar-refractivity contribution >= 4 is 54.4 Å². The summed E-state index contributed by atoms with van der Waals surface area (Å²) in [6.07, 6.45) is 0. The highest BCUT2D eigenvalue weighted by atomic mass is 15.0. The van der Waals surface area contributed by atoms with E-state index in [9.17, 15) is 0 Å². The van der Waals surface area contributed by atoms with Crippen LogP contribution in [0.25, 0.3) is 88.0 Å². The Morgan fingerprint density at radius 1 is 0.271 bits per heavy atom. The van der Waals surface area contributed by atoms with E-state index in [-0.39, 0.29) is 0 Å². The van der Waals surface area contributed by atoms with Crippen LogP contribution in [0.15, 0.2) is 182 Å². The molecule has 8 aromatic carbocycles. The third-order valence-corrected chi connectivity index (χ3v) is 9.89. The molecule has 0 saturated carbocycles. The zero-order chi connectivity index (χ0) is 31.6. The van der Waals surface area contributed by atoms with Gasteiger partial charge in [0.1, 0.15) is 0 Å². The lowest BCUT2D eigenvalue weighted by Crippen LogP contribution is -1.99. The topological polar surface area (TPSA) is 9.86 Å². The van der Waals surface area contributed by atoms with Gasteiger partial charge in [0, 0.05) is 32.9 Å². The molecule has 2 aromatic heterocycles. The summed E-state index contributed by atoms with van der Waals surface area (Å²) in [5.41, 5.74) is 12.0. The maximum Gasteiger partial charge on any atom is 0.0788 e. The summed E-state index contributed by atoms with van der Waals surface area (Å²) in [5, 5.41) is 7.50. The van der Waals surface area contributed by atoms with Gasteiger partial charge >= 0.3 is 0 Å². The molecule has 0 unspecified atom stereocenters. The maximum atomic E-state index is 2.47. The smallest absolute Gasteiger partial charge is 0.0788 e. The molecule has 0 radical (unpaired) electrons.